The van der Waals surface area contributed by atoms with E-state index in [2.05, 4.69) is 5.32 Å². The average Bonchev–Trinajstić information content (AvgIpc) is 3.71. The Morgan fingerprint density at radius 3 is 2.53 bits per heavy atom. The molecule has 0 bridgehead atoms. The summed E-state index contributed by atoms with van der Waals surface area (Å²) in [4.78, 5) is 49.4. The molecule has 242 valence electrons. The maximum atomic E-state index is 14.2. The summed E-state index contributed by atoms with van der Waals surface area (Å²) in [6.45, 7) is 5.95. The van der Waals surface area contributed by atoms with Gasteiger partial charge in [0.1, 0.15) is 18.7 Å². The number of carbonyl (C=O) groups excluding carboxylic acids is 3. The third-order valence-corrected chi connectivity index (χ3v) is 8.72. The fourth-order valence-corrected chi connectivity index (χ4v) is 6.20. The van der Waals surface area contributed by atoms with Gasteiger partial charge in [-0.2, -0.15) is 0 Å². The molecular weight excluding hydrogens is 598 g/mol. The van der Waals surface area contributed by atoms with Crippen molar-refractivity contribution in [3.63, 3.8) is 0 Å². The van der Waals surface area contributed by atoms with E-state index in [1.165, 1.54) is 0 Å². The lowest BCUT2D eigenvalue weighted by molar-refractivity contribution is -0.142. The van der Waals surface area contributed by atoms with Gasteiger partial charge >= 0.3 is 0 Å². The number of amides is 3. The van der Waals surface area contributed by atoms with Gasteiger partial charge in [0.05, 0.1) is 32.0 Å². The van der Waals surface area contributed by atoms with Crippen LogP contribution >= 0.6 is 11.6 Å². The number of hydrogen-bond acceptors (Lipinski definition) is 8. The van der Waals surface area contributed by atoms with E-state index >= 15 is 0 Å². The number of aliphatic imine (C=N–C) groups is 1. The van der Waals surface area contributed by atoms with Crippen molar-refractivity contribution in [3.05, 3.63) is 70.7 Å². The minimum atomic E-state index is -1.21. The average molecular weight is 640 g/mol. The van der Waals surface area contributed by atoms with Crippen molar-refractivity contribution in [3.8, 4) is 0 Å². The van der Waals surface area contributed by atoms with E-state index < -0.39 is 35.7 Å². The molecule has 2 saturated heterocycles. The minimum Gasteiger partial charge on any atom is -0.476 e. The van der Waals surface area contributed by atoms with Crippen LogP contribution in [0.25, 0.3) is 0 Å². The van der Waals surface area contributed by atoms with Crippen molar-refractivity contribution in [1.29, 1.82) is 0 Å². The predicted octanol–water partition coefficient (Wildman–Crippen LogP) is 2.34. The second-order valence-corrected chi connectivity index (χ2v) is 12.4. The van der Waals surface area contributed by atoms with Gasteiger partial charge in [-0.15, -0.1) is 0 Å². The van der Waals surface area contributed by atoms with Crippen molar-refractivity contribution in [2.24, 2.45) is 10.7 Å². The number of hydrogen-bond donors (Lipinski definition) is 2. The van der Waals surface area contributed by atoms with Crippen LogP contribution < -0.4 is 11.1 Å². The Hall–Kier alpha value is -3.51. The summed E-state index contributed by atoms with van der Waals surface area (Å²) >= 11 is 6.29. The first-order valence-corrected chi connectivity index (χ1v) is 15.9. The summed E-state index contributed by atoms with van der Waals surface area (Å²) in [5.74, 6) is -0.558. The summed E-state index contributed by atoms with van der Waals surface area (Å²) in [5.41, 5.74) is 6.46. The molecular formula is C33H42ClN5O6. The molecule has 2 aromatic rings. The lowest BCUT2D eigenvalue weighted by Crippen LogP contribution is -2.58. The highest BCUT2D eigenvalue weighted by atomic mass is 35.5. The van der Waals surface area contributed by atoms with Gasteiger partial charge in [0.25, 0.3) is 5.91 Å². The number of carbonyl (C=O) groups is 3. The summed E-state index contributed by atoms with van der Waals surface area (Å²) in [6.07, 6.45) is 0.963. The maximum Gasteiger partial charge on any atom is 0.254 e. The van der Waals surface area contributed by atoms with Crippen LogP contribution in [0.5, 0.6) is 0 Å². The monoisotopic (exact) mass is 639 g/mol. The lowest BCUT2D eigenvalue weighted by Gasteiger charge is -2.33. The number of nitrogens with zero attached hydrogens (tertiary/aromatic N) is 3. The Morgan fingerprint density at radius 2 is 1.82 bits per heavy atom. The largest absolute Gasteiger partial charge is 0.476 e. The number of rotatable bonds is 11. The van der Waals surface area contributed by atoms with Crippen molar-refractivity contribution in [2.75, 3.05) is 39.5 Å². The first-order valence-electron chi connectivity index (χ1n) is 15.5. The van der Waals surface area contributed by atoms with E-state index in [-0.39, 0.29) is 25.0 Å². The maximum absolute atomic E-state index is 14.2. The van der Waals surface area contributed by atoms with E-state index in [9.17, 15) is 14.4 Å². The zero-order valence-electron chi connectivity index (χ0n) is 25.8. The molecule has 3 N–H and O–H groups in total. The second kappa shape index (κ2) is 14.7. The molecule has 2 fully saturated rings. The van der Waals surface area contributed by atoms with Gasteiger partial charge in [-0.05, 0) is 49.9 Å². The van der Waals surface area contributed by atoms with Crippen LogP contribution in [0, 0.1) is 0 Å². The number of nitrogens with one attached hydrogen (secondary N) is 1. The molecule has 0 saturated carbocycles. The van der Waals surface area contributed by atoms with Crippen LogP contribution in [-0.4, -0.2) is 103 Å². The van der Waals surface area contributed by atoms with Crippen LogP contribution in [0.3, 0.4) is 0 Å². The molecule has 3 aliphatic heterocycles. The third-order valence-electron chi connectivity index (χ3n) is 8.49. The highest BCUT2D eigenvalue weighted by Gasteiger charge is 2.50. The molecule has 11 nitrogen and oxygen atoms in total. The molecule has 5 rings (SSSR count). The first-order chi connectivity index (χ1) is 21.7. The van der Waals surface area contributed by atoms with Gasteiger partial charge in [0, 0.05) is 31.1 Å². The Morgan fingerprint density at radius 1 is 1.09 bits per heavy atom. The van der Waals surface area contributed by atoms with E-state index in [1.54, 1.807) is 29.7 Å². The molecule has 0 spiro atoms. The lowest BCUT2D eigenvalue weighted by atomic mass is 9.90. The summed E-state index contributed by atoms with van der Waals surface area (Å²) in [6, 6.07) is 14.7. The molecule has 1 unspecified atom stereocenters. The number of ether oxygens (including phenoxy) is 3. The number of halogens is 1. The van der Waals surface area contributed by atoms with Gasteiger partial charge in [0.2, 0.25) is 17.7 Å². The summed E-state index contributed by atoms with van der Waals surface area (Å²) in [7, 11) is 0. The third kappa shape index (κ3) is 7.84. The number of benzene rings is 2. The molecule has 0 aromatic heterocycles. The highest BCUT2D eigenvalue weighted by molar-refractivity contribution is 6.30. The van der Waals surface area contributed by atoms with Gasteiger partial charge in [-0.3, -0.25) is 14.4 Å². The van der Waals surface area contributed by atoms with E-state index in [0.29, 0.717) is 63.0 Å². The fourth-order valence-electron chi connectivity index (χ4n) is 5.99. The van der Waals surface area contributed by atoms with Gasteiger partial charge < -0.3 is 35.1 Å². The van der Waals surface area contributed by atoms with Crippen molar-refractivity contribution in [1.82, 2.24) is 15.1 Å². The van der Waals surface area contributed by atoms with Crippen LogP contribution in [0.1, 0.15) is 37.8 Å². The number of morpholine rings is 1. The molecule has 3 heterocycles. The quantitative estimate of drug-likeness (QED) is 0.385. The van der Waals surface area contributed by atoms with Crippen molar-refractivity contribution >= 4 is 35.2 Å². The SMILES string of the molecule is CC(OCc1ccccc1)[C@H](NC(=O)[C@H](C)N)C(=O)N1CCC[C@H]1C1=N[C@@](Cc2cccc(Cl)c2)(C(=O)N2CCOCC2)CO1. The van der Waals surface area contributed by atoms with E-state index in [0.717, 1.165) is 11.1 Å². The molecule has 45 heavy (non-hydrogen) atoms. The first kappa shape index (κ1) is 32.9. The molecule has 2 aromatic carbocycles. The molecule has 0 aliphatic carbocycles. The molecule has 0 radical (unpaired) electrons. The Labute approximate surface area is 269 Å². The Kier molecular flexibility index (Phi) is 10.8. The van der Waals surface area contributed by atoms with Crippen LogP contribution in [0.4, 0.5) is 0 Å². The molecule has 5 atom stereocenters. The predicted molar refractivity (Wildman–Crippen MR) is 170 cm³/mol. The highest BCUT2D eigenvalue weighted by Crippen LogP contribution is 2.32. The molecule has 3 amide bonds. The summed E-state index contributed by atoms with van der Waals surface area (Å²) in [5, 5.41) is 3.38. The van der Waals surface area contributed by atoms with E-state index in [1.807, 2.05) is 48.5 Å². The van der Waals surface area contributed by atoms with Crippen molar-refractivity contribution in [2.45, 2.75) is 69.5 Å². The zero-order chi connectivity index (χ0) is 32.0. The van der Waals surface area contributed by atoms with Crippen LogP contribution in [0.15, 0.2) is 59.6 Å². The molecule has 3 aliphatic rings. The van der Waals surface area contributed by atoms with Crippen LogP contribution in [0.2, 0.25) is 5.02 Å². The van der Waals surface area contributed by atoms with E-state index in [4.69, 9.17) is 36.5 Å². The fraction of sp³-hybridized carbons (Fsp3) is 0.515. The Bertz CT molecular complexity index is 1380. The number of nitrogens with two attached hydrogens (primary N) is 1. The van der Waals surface area contributed by atoms with Crippen molar-refractivity contribution < 1.29 is 28.6 Å². The smallest absolute Gasteiger partial charge is 0.254 e. The topological polar surface area (TPSA) is 136 Å². The Balaban J connectivity index is 1.39. The zero-order valence-corrected chi connectivity index (χ0v) is 26.6. The minimum absolute atomic E-state index is 0.0466. The van der Waals surface area contributed by atoms with Crippen LogP contribution in [-0.2, 0) is 41.6 Å². The second-order valence-electron chi connectivity index (χ2n) is 11.9. The van der Waals surface area contributed by atoms with Gasteiger partial charge in [0.15, 0.2) is 5.54 Å². The standard InChI is InChI=1S/C33H42ClN5O6/c1-22(35)29(40)36-28(23(2)44-20-24-8-4-3-5-9-24)31(41)39-13-7-12-27(39)30-37-33(21-45-30,19-25-10-6-11-26(34)18-25)32(42)38-14-16-43-17-15-38/h3-6,8-11,18,22-23,27-28H,7,12-17,19-21,35H2,1-2H3,(H,36,40)/t22-,23?,27-,28-,33+/m0/s1. The van der Waals surface area contributed by atoms with Gasteiger partial charge in [-0.25, -0.2) is 4.99 Å². The normalized spacial score (nSPS) is 23.6. The number of likely N-dealkylation sites (tertiary alicyclic amines) is 1. The molecule has 12 heteroatoms. The van der Waals surface area contributed by atoms with Gasteiger partial charge in [-0.1, -0.05) is 54.1 Å². The summed E-state index contributed by atoms with van der Waals surface area (Å²) < 4.78 is 17.8.